The summed E-state index contributed by atoms with van der Waals surface area (Å²) in [5.41, 5.74) is -6.88. The Bertz CT molecular complexity index is 1820. The second-order valence-corrected chi connectivity index (χ2v) is 21.7. The van der Waals surface area contributed by atoms with Crippen LogP contribution in [0, 0.1) is 52.3 Å². The number of esters is 3. The summed E-state index contributed by atoms with van der Waals surface area (Å²) in [6.07, 6.45) is -1.83. The molecule has 0 aromatic heterocycles. The summed E-state index contributed by atoms with van der Waals surface area (Å²) in [6.45, 7) is 19.9. The first-order valence-electron chi connectivity index (χ1n) is 24.5. The minimum absolute atomic E-state index is 0.0406. The minimum Gasteiger partial charge on any atom is -0.463 e. The third-order valence-electron chi connectivity index (χ3n) is 17.0. The molecule has 1 saturated heterocycles. The highest BCUT2D eigenvalue weighted by atomic mass is 19.1. The van der Waals surface area contributed by atoms with Crippen LogP contribution in [0.2, 0.25) is 0 Å². The number of aliphatic hydroxyl groups is 6. The number of ether oxygens (including phenoxy) is 3. The van der Waals surface area contributed by atoms with Gasteiger partial charge in [-0.3, -0.25) is 19.3 Å². The molecule has 4 aliphatic carbocycles. The van der Waals surface area contributed by atoms with Gasteiger partial charge in [-0.15, -0.1) is 0 Å². The molecule has 0 spiro atoms. The number of hydrogen-bond acceptors (Lipinski definition) is 15. The van der Waals surface area contributed by atoms with Crippen LogP contribution in [0.3, 0.4) is 0 Å². The summed E-state index contributed by atoms with van der Waals surface area (Å²) >= 11 is 0. The maximum atomic E-state index is 16.1. The van der Waals surface area contributed by atoms with E-state index in [2.05, 4.69) is 5.32 Å². The van der Waals surface area contributed by atoms with Crippen LogP contribution in [0.15, 0.2) is 23.8 Å². The third kappa shape index (κ3) is 9.95. The van der Waals surface area contributed by atoms with Crippen molar-refractivity contribution in [3.05, 3.63) is 23.8 Å². The Morgan fingerprint density at radius 2 is 1.62 bits per heavy atom. The van der Waals surface area contributed by atoms with E-state index in [9.17, 15) is 49.8 Å². The molecule has 19 atom stereocenters. The number of aliphatic hydroxyl groups excluding tert-OH is 4. The smallest absolute Gasteiger partial charge is 0.351 e. The Morgan fingerprint density at radius 1 is 0.955 bits per heavy atom. The van der Waals surface area contributed by atoms with E-state index in [1.165, 1.54) is 32.9 Å². The largest absolute Gasteiger partial charge is 0.463 e. The van der Waals surface area contributed by atoms with Gasteiger partial charge in [-0.1, -0.05) is 47.6 Å². The molecule has 0 aromatic carbocycles. The molecule has 66 heavy (non-hydrogen) atoms. The number of carbonyl (C=O) groups is 4. The zero-order valence-electron chi connectivity index (χ0n) is 41.2. The van der Waals surface area contributed by atoms with Crippen molar-refractivity contribution in [1.29, 1.82) is 0 Å². The lowest BCUT2D eigenvalue weighted by Gasteiger charge is -2.60. The zero-order valence-corrected chi connectivity index (χ0v) is 41.2. The molecule has 15 nitrogen and oxygen atoms in total. The quantitative estimate of drug-likeness (QED) is 0.0892. The summed E-state index contributed by atoms with van der Waals surface area (Å²) < 4.78 is 33.8. The maximum Gasteiger partial charge on any atom is 0.351 e. The Kier molecular flexibility index (Phi) is 16.9. The Morgan fingerprint density at radius 3 is 2.26 bits per heavy atom. The van der Waals surface area contributed by atoms with Crippen LogP contribution in [0.5, 0.6) is 0 Å². The topological polar surface area (TPSA) is 233 Å². The van der Waals surface area contributed by atoms with Crippen molar-refractivity contribution in [2.24, 2.45) is 52.3 Å². The lowest BCUT2D eigenvalue weighted by Crippen LogP contribution is -2.64. The molecule has 3 unspecified atom stereocenters. The number of ketones is 1. The van der Waals surface area contributed by atoms with Crippen LogP contribution < -0.4 is 5.32 Å². The maximum absolute atomic E-state index is 16.1. The van der Waals surface area contributed by atoms with E-state index in [-0.39, 0.29) is 68.8 Å². The average Bonchev–Trinajstić information content (AvgIpc) is 3.46. The standard InChI is InChI=1S/C50H81FN2O13/c1-12-38-49(11,63)43(59)31(7)53(26-27(3)24-48(10,62)42(58)29(5)41(57)30(6)44(60)65-38)20-14-18-52-19-16-39(56)66-50(45(61)64-13-2)28(4)21-34-33-23-36(51)35-22-32(54)15-17-46(35,8)40(33)37(55)25-47(34,50)9/h15,17,22,27-31,33-34,36-38,40-43,52,55,57-59,62-63H,12-14,16,18-21,23-26H2,1-11H3/t27-,28-,29+,30-,31-,33?,34?,36+,37+,38-,40?,41+,42-,43-,46+,47+,48-,49-,50+/m1/s1. The second-order valence-electron chi connectivity index (χ2n) is 21.7. The summed E-state index contributed by atoms with van der Waals surface area (Å²) in [6, 6.07) is -0.674. The fourth-order valence-corrected chi connectivity index (χ4v) is 13.4. The van der Waals surface area contributed by atoms with Crippen LogP contribution in [0.25, 0.3) is 0 Å². The minimum atomic E-state index is -1.89. The van der Waals surface area contributed by atoms with E-state index in [4.69, 9.17) is 14.2 Å². The van der Waals surface area contributed by atoms with Crippen LogP contribution >= 0.6 is 0 Å². The molecule has 376 valence electrons. The van der Waals surface area contributed by atoms with Crippen LogP contribution in [-0.2, 0) is 33.4 Å². The molecular formula is C50H81FN2O13. The second kappa shape index (κ2) is 20.6. The highest BCUT2D eigenvalue weighted by Gasteiger charge is 2.74. The summed E-state index contributed by atoms with van der Waals surface area (Å²) in [7, 11) is 0. The van der Waals surface area contributed by atoms with Crippen molar-refractivity contribution in [3.8, 4) is 0 Å². The van der Waals surface area contributed by atoms with Gasteiger partial charge in [0.2, 0.25) is 5.60 Å². The highest BCUT2D eigenvalue weighted by molar-refractivity contribution is 6.01. The predicted octanol–water partition coefficient (Wildman–Crippen LogP) is 3.58. The summed E-state index contributed by atoms with van der Waals surface area (Å²) in [5, 5.41) is 72.5. The van der Waals surface area contributed by atoms with Gasteiger partial charge >= 0.3 is 17.9 Å². The molecule has 4 fully saturated rings. The van der Waals surface area contributed by atoms with Gasteiger partial charge in [0, 0.05) is 47.7 Å². The van der Waals surface area contributed by atoms with Crippen LogP contribution in [0.4, 0.5) is 4.39 Å². The average molecular weight is 937 g/mol. The van der Waals surface area contributed by atoms with Gasteiger partial charge in [0.05, 0.1) is 42.9 Å². The van der Waals surface area contributed by atoms with Gasteiger partial charge in [0.25, 0.3) is 0 Å². The lowest BCUT2D eigenvalue weighted by atomic mass is 9.46. The number of nitrogens with one attached hydrogen (secondary N) is 1. The number of carbonyl (C=O) groups excluding carboxylic acids is 4. The van der Waals surface area contributed by atoms with E-state index in [0.29, 0.717) is 38.0 Å². The number of allylic oxidation sites excluding steroid dienone is 4. The van der Waals surface area contributed by atoms with E-state index in [1.807, 2.05) is 32.6 Å². The van der Waals surface area contributed by atoms with Crippen molar-refractivity contribution < 1.29 is 68.4 Å². The molecule has 0 bridgehead atoms. The SMILES string of the molecule is CCOC(=O)[C@@]1(OC(=O)CCNCCCN2C[C@H](C)C[C@@](C)(O)[C@H](O)[C@@H](C)[C@H](O)[C@@H](C)C(=O)O[C@H](CC)[C@@](C)(O)[C@H](O)[C@H]2C)[C@H](C)CC2C3C[C@H](F)C4=CC(=O)C=C[C@]4(C)C3[C@@H](O)C[C@@]21C. The van der Waals surface area contributed by atoms with Gasteiger partial charge < -0.3 is 50.2 Å². The number of cyclic esters (lactones) is 1. The van der Waals surface area contributed by atoms with Gasteiger partial charge in [-0.2, -0.15) is 0 Å². The first-order valence-corrected chi connectivity index (χ1v) is 24.5. The first-order chi connectivity index (χ1) is 30.7. The predicted molar refractivity (Wildman–Crippen MR) is 243 cm³/mol. The highest BCUT2D eigenvalue weighted by Crippen LogP contribution is 2.69. The molecule has 1 heterocycles. The third-order valence-corrected chi connectivity index (χ3v) is 17.0. The molecule has 5 rings (SSSR count). The van der Waals surface area contributed by atoms with Crippen molar-refractivity contribution in [2.75, 3.05) is 32.8 Å². The fraction of sp³-hybridized carbons (Fsp3) is 0.840. The van der Waals surface area contributed by atoms with Gasteiger partial charge in [0.15, 0.2) is 5.78 Å². The van der Waals surface area contributed by atoms with E-state index in [1.54, 1.807) is 33.8 Å². The molecule has 5 aliphatic rings. The number of alkyl halides is 1. The molecule has 1 aliphatic heterocycles. The first kappa shape index (κ1) is 54.1. The summed E-state index contributed by atoms with van der Waals surface area (Å²) in [4.78, 5) is 55.6. The molecule has 7 N–H and O–H groups in total. The number of hydrogen-bond donors (Lipinski definition) is 7. The summed E-state index contributed by atoms with van der Waals surface area (Å²) in [5.74, 6) is -6.24. The molecule has 0 aromatic rings. The van der Waals surface area contributed by atoms with E-state index < -0.39 is 112 Å². The number of nitrogens with zero attached hydrogens (tertiary/aromatic N) is 1. The number of halogens is 1. The van der Waals surface area contributed by atoms with Gasteiger partial charge in [-0.05, 0) is 122 Å². The van der Waals surface area contributed by atoms with Crippen LogP contribution in [0.1, 0.15) is 121 Å². The molecule has 0 radical (unpaired) electrons. The molecule has 3 saturated carbocycles. The van der Waals surface area contributed by atoms with Gasteiger partial charge in [0.1, 0.15) is 24.0 Å². The lowest BCUT2D eigenvalue weighted by molar-refractivity contribution is -0.219. The molecule has 16 heteroatoms. The van der Waals surface area contributed by atoms with Crippen molar-refractivity contribution >= 4 is 23.7 Å². The van der Waals surface area contributed by atoms with E-state index >= 15 is 4.39 Å². The number of fused-ring (bicyclic) bond motifs is 5. The monoisotopic (exact) mass is 937 g/mol. The normalized spacial score (nSPS) is 45.9. The Labute approximate surface area is 390 Å². The van der Waals surface area contributed by atoms with Crippen LogP contribution in [-0.4, -0.2) is 152 Å². The molecular weight excluding hydrogens is 856 g/mol. The van der Waals surface area contributed by atoms with Crippen molar-refractivity contribution in [2.45, 2.75) is 181 Å². The number of rotatable bonds is 11. The Balaban J connectivity index is 1.27. The van der Waals surface area contributed by atoms with Crippen molar-refractivity contribution in [3.63, 3.8) is 0 Å². The fourth-order valence-electron chi connectivity index (χ4n) is 13.4. The van der Waals surface area contributed by atoms with E-state index in [0.717, 1.165) is 0 Å². The van der Waals surface area contributed by atoms with Crippen molar-refractivity contribution in [1.82, 2.24) is 10.2 Å². The zero-order chi connectivity index (χ0) is 49.5. The Hall–Kier alpha value is -2.83. The van der Waals surface area contributed by atoms with Gasteiger partial charge in [-0.25, -0.2) is 9.18 Å². The molecule has 0 amide bonds.